The second-order valence-corrected chi connectivity index (χ2v) is 5.96. The summed E-state index contributed by atoms with van der Waals surface area (Å²) in [5, 5.41) is 8.93. The third-order valence-corrected chi connectivity index (χ3v) is 4.27. The number of rotatable bonds is 2. The highest BCUT2D eigenvalue weighted by atomic mass is 19.1. The lowest BCUT2D eigenvalue weighted by Gasteiger charge is -2.18. The average molecular weight is 335 g/mol. The molecular formula is C16H15F2N3O3. The fourth-order valence-corrected chi connectivity index (χ4v) is 2.75. The van der Waals surface area contributed by atoms with Crippen molar-refractivity contribution in [1.82, 2.24) is 14.9 Å². The van der Waals surface area contributed by atoms with E-state index in [1.54, 1.807) is 13.8 Å². The topological polar surface area (TPSA) is 83.4 Å². The number of aryl methyl sites for hydroxylation is 2. The van der Waals surface area contributed by atoms with E-state index >= 15 is 0 Å². The van der Waals surface area contributed by atoms with Crippen LogP contribution in [0.15, 0.2) is 12.1 Å². The molecule has 1 unspecified atom stereocenters. The second-order valence-electron chi connectivity index (χ2n) is 5.96. The minimum absolute atomic E-state index is 0.0461. The number of carbonyl (C=O) groups excluding carboxylic acids is 1. The number of carboxylic acid groups (broad SMARTS) is 1. The van der Waals surface area contributed by atoms with Crippen LogP contribution < -0.4 is 0 Å². The van der Waals surface area contributed by atoms with Crippen LogP contribution in [-0.2, 0) is 4.79 Å². The van der Waals surface area contributed by atoms with E-state index in [-0.39, 0.29) is 29.6 Å². The van der Waals surface area contributed by atoms with Crippen molar-refractivity contribution in [2.75, 3.05) is 13.1 Å². The van der Waals surface area contributed by atoms with Gasteiger partial charge in [-0.1, -0.05) is 0 Å². The van der Waals surface area contributed by atoms with Crippen LogP contribution in [0.25, 0.3) is 11.0 Å². The zero-order valence-electron chi connectivity index (χ0n) is 13.1. The highest BCUT2D eigenvalue weighted by Crippen LogP contribution is 2.29. The zero-order valence-corrected chi connectivity index (χ0v) is 13.1. The molecule has 0 aliphatic carbocycles. The van der Waals surface area contributed by atoms with Crippen LogP contribution in [0, 0.1) is 19.7 Å². The molecule has 1 amide bonds. The van der Waals surface area contributed by atoms with Gasteiger partial charge in [0, 0.05) is 19.0 Å². The molecule has 0 spiro atoms. The first-order valence-electron chi connectivity index (χ1n) is 7.37. The van der Waals surface area contributed by atoms with Gasteiger partial charge in [-0.15, -0.1) is 0 Å². The smallest absolute Gasteiger partial charge is 0.343 e. The number of hydrogen-bond donors (Lipinski definition) is 1. The number of aliphatic carboxylic acids is 1. The van der Waals surface area contributed by atoms with Crippen molar-refractivity contribution < 1.29 is 23.5 Å². The molecule has 0 saturated carbocycles. The maximum Gasteiger partial charge on any atom is 0.343 e. The lowest BCUT2D eigenvalue weighted by Crippen LogP contribution is -2.39. The van der Waals surface area contributed by atoms with E-state index in [1.165, 1.54) is 6.07 Å². The molecule has 1 aliphatic rings. The number of amides is 1. The molecule has 8 heteroatoms. The summed E-state index contributed by atoms with van der Waals surface area (Å²) in [5.41, 5.74) is -0.871. The Hall–Kier alpha value is -2.64. The van der Waals surface area contributed by atoms with Crippen LogP contribution in [0.4, 0.5) is 8.78 Å². The van der Waals surface area contributed by atoms with Gasteiger partial charge in [0.2, 0.25) is 5.67 Å². The van der Waals surface area contributed by atoms with Gasteiger partial charge in [-0.3, -0.25) is 4.79 Å². The fraction of sp³-hybridized carbons (Fsp3) is 0.375. The first-order chi connectivity index (χ1) is 11.2. The predicted molar refractivity (Wildman–Crippen MR) is 81.0 cm³/mol. The average Bonchev–Trinajstić information content (AvgIpc) is 2.91. The number of hydrogen-bond acceptors (Lipinski definition) is 4. The first kappa shape index (κ1) is 16.2. The molecule has 2 aromatic rings. The summed E-state index contributed by atoms with van der Waals surface area (Å²) in [4.78, 5) is 33.2. The Morgan fingerprint density at radius 3 is 2.54 bits per heavy atom. The Balaban J connectivity index is 2.05. The van der Waals surface area contributed by atoms with Crippen molar-refractivity contribution in [3.05, 3.63) is 34.9 Å². The molecule has 1 aromatic carbocycles. The van der Waals surface area contributed by atoms with Crippen molar-refractivity contribution in [2.45, 2.75) is 25.9 Å². The van der Waals surface area contributed by atoms with Gasteiger partial charge in [0.1, 0.15) is 11.3 Å². The first-order valence-corrected chi connectivity index (χ1v) is 7.37. The Morgan fingerprint density at radius 2 is 1.92 bits per heavy atom. The summed E-state index contributed by atoms with van der Waals surface area (Å²) < 4.78 is 28.0. The Bertz CT molecular complexity index is 871. The molecule has 1 N–H and O–H groups in total. The predicted octanol–water partition coefficient (Wildman–Crippen LogP) is 2.02. The van der Waals surface area contributed by atoms with E-state index in [0.29, 0.717) is 11.4 Å². The number of fused-ring (bicyclic) bond motifs is 1. The normalized spacial score (nSPS) is 20.6. The Labute approximate surface area is 136 Å². The van der Waals surface area contributed by atoms with Crippen molar-refractivity contribution >= 4 is 22.9 Å². The number of aromatic nitrogens is 2. The SMILES string of the molecule is Cc1nc2cc(F)cc(C(=O)N3CCC(F)(C(=O)O)C3)c2nc1C. The Morgan fingerprint density at radius 1 is 1.25 bits per heavy atom. The van der Waals surface area contributed by atoms with Crippen LogP contribution in [0.3, 0.4) is 0 Å². The van der Waals surface area contributed by atoms with Gasteiger partial charge in [0.05, 0.1) is 29.0 Å². The summed E-state index contributed by atoms with van der Waals surface area (Å²) in [5.74, 6) is -2.92. The van der Waals surface area contributed by atoms with Gasteiger partial charge >= 0.3 is 5.97 Å². The van der Waals surface area contributed by atoms with Crippen molar-refractivity contribution in [3.8, 4) is 0 Å². The molecule has 1 fully saturated rings. The highest BCUT2D eigenvalue weighted by Gasteiger charge is 2.47. The lowest BCUT2D eigenvalue weighted by atomic mass is 10.1. The molecule has 0 bridgehead atoms. The van der Waals surface area contributed by atoms with Crippen LogP contribution in [0.1, 0.15) is 28.2 Å². The van der Waals surface area contributed by atoms with Gasteiger partial charge in [-0.2, -0.15) is 0 Å². The number of benzene rings is 1. The molecule has 3 rings (SSSR count). The van der Waals surface area contributed by atoms with Crippen molar-refractivity contribution in [3.63, 3.8) is 0 Å². The zero-order chi connectivity index (χ0) is 17.6. The highest BCUT2D eigenvalue weighted by molar-refractivity contribution is 6.05. The van der Waals surface area contributed by atoms with Gasteiger partial charge in [-0.05, 0) is 19.9 Å². The van der Waals surface area contributed by atoms with Gasteiger partial charge in [0.25, 0.3) is 5.91 Å². The molecule has 1 saturated heterocycles. The van der Waals surface area contributed by atoms with Crippen LogP contribution >= 0.6 is 0 Å². The van der Waals surface area contributed by atoms with Crippen molar-refractivity contribution in [2.24, 2.45) is 0 Å². The number of nitrogens with zero attached hydrogens (tertiary/aromatic N) is 3. The summed E-state index contributed by atoms with van der Waals surface area (Å²) >= 11 is 0. The standard InChI is InChI=1S/C16H15F2N3O3/c1-8-9(2)20-13-11(5-10(17)6-12(13)19-8)14(22)21-4-3-16(18,7-21)15(23)24/h5-6H,3-4,7H2,1-2H3,(H,23,24). The largest absolute Gasteiger partial charge is 0.479 e. The van der Waals surface area contributed by atoms with E-state index < -0.39 is 29.9 Å². The quantitative estimate of drug-likeness (QED) is 0.908. The second kappa shape index (κ2) is 5.47. The molecular weight excluding hydrogens is 320 g/mol. The fourth-order valence-electron chi connectivity index (χ4n) is 2.75. The molecule has 1 aliphatic heterocycles. The number of likely N-dealkylation sites (tertiary alicyclic amines) is 1. The third-order valence-electron chi connectivity index (χ3n) is 4.27. The van der Waals surface area contributed by atoms with E-state index in [9.17, 15) is 18.4 Å². The summed E-state index contributed by atoms with van der Waals surface area (Å²) in [6.45, 7) is 2.81. The summed E-state index contributed by atoms with van der Waals surface area (Å²) in [6.07, 6.45) is -0.300. The molecule has 126 valence electrons. The number of carbonyl (C=O) groups is 2. The lowest BCUT2D eigenvalue weighted by molar-refractivity contribution is -0.149. The van der Waals surface area contributed by atoms with E-state index in [4.69, 9.17) is 5.11 Å². The minimum Gasteiger partial charge on any atom is -0.479 e. The van der Waals surface area contributed by atoms with E-state index in [2.05, 4.69) is 9.97 Å². The third kappa shape index (κ3) is 2.57. The number of alkyl halides is 1. The monoisotopic (exact) mass is 335 g/mol. The van der Waals surface area contributed by atoms with E-state index in [1.807, 2.05) is 0 Å². The van der Waals surface area contributed by atoms with Crippen molar-refractivity contribution in [1.29, 1.82) is 0 Å². The van der Waals surface area contributed by atoms with Crippen LogP contribution in [0.2, 0.25) is 0 Å². The molecule has 0 radical (unpaired) electrons. The van der Waals surface area contributed by atoms with Gasteiger partial charge in [0.15, 0.2) is 0 Å². The Kier molecular flexibility index (Phi) is 3.70. The maximum atomic E-state index is 14.2. The number of carboxylic acids is 1. The maximum absolute atomic E-state index is 14.2. The van der Waals surface area contributed by atoms with E-state index in [0.717, 1.165) is 11.0 Å². The molecule has 1 aromatic heterocycles. The van der Waals surface area contributed by atoms with Gasteiger partial charge in [-0.25, -0.2) is 23.5 Å². The summed E-state index contributed by atoms with van der Waals surface area (Å²) in [7, 11) is 0. The van der Waals surface area contributed by atoms with Crippen LogP contribution in [0.5, 0.6) is 0 Å². The van der Waals surface area contributed by atoms with Crippen LogP contribution in [-0.4, -0.2) is 50.6 Å². The molecule has 2 heterocycles. The molecule has 6 nitrogen and oxygen atoms in total. The summed E-state index contributed by atoms with van der Waals surface area (Å²) in [6, 6.07) is 2.19. The molecule has 1 atom stereocenters. The van der Waals surface area contributed by atoms with Gasteiger partial charge < -0.3 is 10.0 Å². The molecule has 24 heavy (non-hydrogen) atoms. The minimum atomic E-state index is -2.48. The number of halogens is 2.